The molecule has 0 aromatic carbocycles. The maximum atomic E-state index is 11.0. The fourth-order valence-corrected chi connectivity index (χ4v) is 2.35. The maximum Gasteiger partial charge on any atom is 0.308 e. The highest BCUT2D eigenvalue weighted by Gasteiger charge is 2.25. The fraction of sp³-hybridized carbons (Fsp3) is 0.818. The Morgan fingerprint density at radius 2 is 2.00 bits per heavy atom. The van der Waals surface area contributed by atoms with Crippen LogP contribution >= 0.6 is 0 Å². The Hall–Kier alpha value is -1.10. The number of carboxylic acid groups (broad SMARTS) is 1. The Labute approximate surface area is 95.0 Å². The molecule has 1 aliphatic rings. The Morgan fingerprint density at radius 3 is 2.50 bits per heavy atom. The summed E-state index contributed by atoms with van der Waals surface area (Å²) >= 11 is 0. The number of rotatable bonds is 6. The molecule has 0 bridgehead atoms. The SMILES string of the molecule is O=CN(O)C[C@@H](CC1CCCCC1)C(=O)O. The van der Waals surface area contributed by atoms with E-state index in [0.717, 1.165) is 25.7 Å². The summed E-state index contributed by atoms with van der Waals surface area (Å²) in [5.74, 6) is -1.17. The van der Waals surface area contributed by atoms with Crippen LogP contribution in [-0.4, -0.2) is 34.3 Å². The van der Waals surface area contributed by atoms with Gasteiger partial charge in [-0.05, 0) is 12.3 Å². The molecule has 0 aromatic rings. The van der Waals surface area contributed by atoms with Gasteiger partial charge in [-0.1, -0.05) is 32.1 Å². The summed E-state index contributed by atoms with van der Waals surface area (Å²) in [5.41, 5.74) is 0. The van der Waals surface area contributed by atoms with Crippen LogP contribution in [0.5, 0.6) is 0 Å². The number of amides is 1. The highest BCUT2D eigenvalue weighted by atomic mass is 16.5. The van der Waals surface area contributed by atoms with Gasteiger partial charge in [-0.15, -0.1) is 0 Å². The largest absolute Gasteiger partial charge is 0.481 e. The molecular formula is C11H19NO4. The predicted octanol–water partition coefficient (Wildman–Crippen LogP) is 1.51. The molecule has 0 aromatic heterocycles. The third-order valence-electron chi connectivity index (χ3n) is 3.22. The zero-order valence-corrected chi connectivity index (χ0v) is 9.34. The van der Waals surface area contributed by atoms with E-state index in [4.69, 9.17) is 10.3 Å². The van der Waals surface area contributed by atoms with E-state index in [-0.39, 0.29) is 13.0 Å². The lowest BCUT2D eigenvalue weighted by Crippen LogP contribution is -2.31. The second-order valence-electron chi connectivity index (χ2n) is 4.50. The third kappa shape index (κ3) is 4.18. The van der Waals surface area contributed by atoms with Crippen LogP contribution in [0.3, 0.4) is 0 Å². The third-order valence-corrected chi connectivity index (χ3v) is 3.22. The number of nitrogens with zero attached hydrogens (tertiary/aromatic N) is 1. The Balaban J connectivity index is 2.43. The van der Waals surface area contributed by atoms with E-state index in [2.05, 4.69) is 0 Å². The number of carboxylic acids is 1. The van der Waals surface area contributed by atoms with Crippen LogP contribution in [0.25, 0.3) is 0 Å². The number of hydroxylamine groups is 2. The number of carbonyl (C=O) groups excluding carboxylic acids is 1. The van der Waals surface area contributed by atoms with Crippen molar-refractivity contribution < 1.29 is 19.9 Å². The van der Waals surface area contributed by atoms with Crippen LogP contribution in [0.15, 0.2) is 0 Å². The van der Waals surface area contributed by atoms with Crippen molar-refractivity contribution in [3.63, 3.8) is 0 Å². The first-order chi connectivity index (χ1) is 7.63. The van der Waals surface area contributed by atoms with Crippen LogP contribution in [-0.2, 0) is 9.59 Å². The second-order valence-corrected chi connectivity index (χ2v) is 4.50. The van der Waals surface area contributed by atoms with Crippen molar-refractivity contribution in [1.82, 2.24) is 5.06 Å². The van der Waals surface area contributed by atoms with Gasteiger partial charge in [0.05, 0.1) is 12.5 Å². The van der Waals surface area contributed by atoms with E-state index < -0.39 is 11.9 Å². The zero-order valence-electron chi connectivity index (χ0n) is 9.34. The standard InChI is InChI=1S/C11H19NO4/c13-8-12(16)7-10(11(14)15)6-9-4-2-1-3-5-9/h8-10,16H,1-7H2,(H,14,15)/t10-/m1/s1. The summed E-state index contributed by atoms with van der Waals surface area (Å²) in [6.07, 6.45) is 6.49. The Morgan fingerprint density at radius 1 is 1.38 bits per heavy atom. The van der Waals surface area contributed by atoms with E-state index in [1.54, 1.807) is 0 Å². The molecule has 0 saturated heterocycles. The summed E-state index contributed by atoms with van der Waals surface area (Å²) in [7, 11) is 0. The molecular weight excluding hydrogens is 210 g/mol. The van der Waals surface area contributed by atoms with Gasteiger partial charge >= 0.3 is 5.97 Å². The van der Waals surface area contributed by atoms with Crippen molar-refractivity contribution in [3.05, 3.63) is 0 Å². The number of carbonyl (C=O) groups is 2. The molecule has 2 N–H and O–H groups in total. The molecule has 0 aliphatic heterocycles. The molecule has 0 spiro atoms. The Kier molecular flexibility index (Phi) is 5.25. The highest BCUT2D eigenvalue weighted by Crippen LogP contribution is 2.29. The molecule has 92 valence electrons. The summed E-state index contributed by atoms with van der Waals surface area (Å²) in [6.45, 7) is -0.116. The first-order valence-corrected chi connectivity index (χ1v) is 5.77. The van der Waals surface area contributed by atoms with Gasteiger partial charge in [-0.2, -0.15) is 0 Å². The summed E-state index contributed by atoms with van der Waals surface area (Å²) in [6, 6.07) is 0. The Bertz CT molecular complexity index is 238. The van der Waals surface area contributed by atoms with Gasteiger partial charge in [-0.3, -0.25) is 14.8 Å². The minimum absolute atomic E-state index is 0.116. The first kappa shape index (κ1) is 13.0. The predicted molar refractivity (Wildman–Crippen MR) is 56.9 cm³/mol. The maximum absolute atomic E-state index is 11.0. The molecule has 0 radical (unpaired) electrons. The lowest BCUT2D eigenvalue weighted by Gasteiger charge is -2.25. The van der Waals surface area contributed by atoms with Crippen molar-refractivity contribution in [3.8, 4) is 0 Å². The van der Waals surface area contributed by atoms with Crippen molar-refractivity contribution >= 4 is 12.4 Å². The molecule has 1 amide bonds. The number of aliphatic carboxylic acids is 1. The average molecular weight is 229 g/mol. The average Bonchev–Trinajstić information content (AvgIpc) is 2.29. The molecule has 1 saturated carbocycles. The van der Waals surface area contributed by atoms with Gasteiger partial charge < -0.3 is 5.11 Å². The molecule has 1 rings (SSSR count). The molecule has 1 aliphatic carbocycles. The lowest BCUT2D eigenvalue weighted by molar-refractivity contribution is -0.159. The van der Waals surface area contributed by atoms with Crippen LogP contribution in [0.4, 0.5) is 0 Å². The van der Waals surface area contributed by atoms with Crippen LogP contribution in [0.1, 0.15) is 38.5 Å². The van der Waals surface area contributed by atoms with Gasteiger partial charge in [0, 0.05) is 0 Å². The first-order valence-electron chi connectivity index (χ1n) is 5.77. The molecule has 1 fully saturated rings. The quantitative estimate of drug-likeness (QED) is 0.411. The van der Waals surface area contributed by atoms with Gasteiger partial charge in [0.2, 0.25) is 6.41 Å². The van der Waals surface area contributed by atoms with Crippen LogP contribution in [0.2, 0.25) is 0 Å². The van der Waals surface area contributed by atoms with Crippen molar-refractivity contribution in [1.29, 1.82) is 0 Å². The highest BCUT2D eigenvalue weighted by molar-refractivity contribution is 5.70. The van der Waals surface area contributed by atoms with E-state index in [0.29, 0.717) is 17.4 Å². The minimum Gasteiger partial charge on any atom is -0.481 e. The topological polar surface area (TPSA) is 77.8 Å². The monoisotopic (exact) mass is 229 g/mol. The number of hydrogen-bond donors (Lipinski definition) is 2. The number of hydrogen-bond acceptors (Lipinski definition) is 3. The van der Waals surface area contributed by atoms with E-state index >= 15 is 0 Å². The minimum atomic E-state index is -0.938. The van der Waals surface area contributed by atoms with E-state index in [1.165, 1.54) is 6.42 Å². The van der Waals surface area contributed by atoms with Crippen molar-refractivity contribution in [2.24, 2.45) is 11.8 Å². The second kappa shape index (κ2) is 6.48. The van der Waals surface area contributed by atoms with Gasteiger partial charge in [0.1, 0.15) is 0 Å². The molecule has 5 nitrogen and oxygen atoms in total. The smallest absolute Gasteiger partial charge is 0.308 e. The van der Waals surface area contributed by atoms with Gasteiger partial charge in [-0.25, -0.2) is 5.06 Å². The fourth-order valence-electron chi connectivity index (χ4n) is 2.35. The van der Waals surface area contributed by atoms with Crippen LogP contribution in [0, 0.1) is 11.8 Å². The normalized spacial score (nSPS) is 19.1. The van der Waals surface area contributed by atoms with Gasteiger partial charge in [0.25, 0.3) is 0 Å². The molecule has 16 heavy (non-hydrogen) atoms. The lowest BCUT2D eigenvalue weighted by atomic mass is 9.83. The van der Waals surface area contributed by atoms with Crippen LogP contribution < -0.4 is 0 Å². The summed E-state index contributed by atoms with van der Waals surface area (Å²) in [5, 5.41) is 18.4. The summed E-state index contributed by atoms with van der Waals surface area (Å²) in [4.78, 5) is 21.2. The van der Waals surface area contributed by atoms with E-state index in [9.17, 15) is 9.59 Å². The molecule has 0 unspecified atom stereocenters. The van der Waals surface area contributed by atoms with E-state index in [1.807, 2.05) is 0 Å². The van der Waals surface area contributed by atoms with Crippen molar-refractivity contribution in [2.75, 3.05) is 6.54 Å². The molecule has 0 heterocycles. The summed E-state index contributed by atoms with van der Waals surface area (Å²) < 4.78 is 0. The molecule has 1 atom stereocenters. The van der Waals surface area contributed by atoms with Crippen molar-refractivity contribution in [2.45, 2.75) is 38.5 Å². The molecule has 5 heteroatoms. The van der Waals surface area contributed by atoms with Gasteiger partial charge in [0.15, 0.2) is 0 Å². The zero-order chi connectivity index (χ0) is 12.0.